The highest BCUT2D eigenvalue weighted by Gasteiger charge is 2.22. The fraction of sp³-hybridized carbons (Fsp3) is 0.333. The minimum Gasteiger partial charge on any atom is -0.390 e. The van der Waals surface area contributed by atoms with E-state index in [1.807, 2.05) is 12.1 Å². The summed E-state index contributed by atoms with van der Waals surface area (Å²) in [5.41, 5.74) is 2.65. The third-order valence-corrected chi connectivity index (χ3v) is 4.50. The number of nitrogens with one attached hydrogen (secondary N) is 1. The van der Waals surface area contributed by atoms with Gasteiger partial charge in [-0.15, -0.1) is 0 Å². The number of hydrogen-bond acceptors (Lipinski definition) is 2. The summed E-state index contributed by atoms with van der Waals surface area (Å²) >= 11 is 6.03. The molecule has 0 bridgehead atoms. The molecule has 1 atom stereocenters. The standard InChI is InChI=1S/C21H27ClN2/c1-4-23-14-15-24(17(2)3)21(19-8-6-5-7-9-19)16-18-10-12-20(22)13-11-18/h4-13,17,21,23H,1,14-16H2,2-3H3. The van der Waals surface area contributed by atoms with E-state index in [1.165, 1.54) is 11.1 Å². The molecule has 1 unspecified atom stereocenters. The Morgan fingerprint density at radius 1 is 1.08 bits per heavy atom. The number of benzene rings is 2. The maximum Gasteiger partial charge on any atom is 0.0406 e. The first-order valence-corrected chi connectivity index (χ1v) is 8.89. The first kappa shape index (κ1) is 18.6. The lowest BCUT2D eigenvalue weighted by atomic mass is 9.96. The van der Waals surface area contributed by atoms with E-state index in [0.29, 0.717) is 12.1 Å². The molecular weight excluding hydrogens is 316 g/mol. The van der Waals surface area contributed by atoms with Gasteiger partial charge in [0.1, 0.15) is 0 Å². The zero-order valence-corrected chi connectivity index (χ0v) is 15.3. The molecular formula is C21H27ClN2. The zero-order valence-electron chi connectivity index (χ0n) is 14.6. The van der Waals surface area contributed by atoms with Crippen LogP contribution in [0.5, 0.6) is 0 Å². The van der Waals surface area contributed by atoms with Crippen LogP contribution < -0.4 is 5.32 Å². The molecule has 2 nitrogen and oxygen atoms in total. The molecule has 0 aromatic heterocycles. The summed E-state index contributed by atoms with van der Waals surface area (Å²) in [6, 6.07) is 19.7. The predicted molar refractivity (Wildman–Crippen MR) is 104 cm³/mol. The van der Waals surface area contributed by atoms with Gasteiger partial charge in [-0.2, -0.15) is 0 Å². The van der Waals surface area contributed by atoms with Crippen LogP contribution >= 0.6 is 11.6 Å². The fourth-order valence-corrected chi connectivity index (χ4v) is 3.14. The summed E-state index contributed by atoms with van der Waals surface area (Å²) in [5, 5.41) is 4.00. The van der Waals surface area contributed by atoms with Gasteiger partial charge in [-0.1, -0.05) is 60.6 Å². The van der Waals surface area contributed by atoms with Gasteiger partial charge in [0.15, 0.2) is 0 Å². The van der Waals surface area contributed by atoms with Crippen molar-refractivity contribution in [2.24, 2.45) is 0 Å². The van der Waals surface area contributed by atoms with Crippen molar-refractivity contribution in [3.63, 3.8) is 0 Å². The molecule has 0 fully saturated rings. The van der Waals surface area contributed by atoms with Crippen molar-refractivity contribution < 1.29 is 0 Å². The highest BCUT2D eigenvalue weighted by molar-refractivity contribution is 6.30. The van der Waals surface area contributed by atoms with Crippen LogP contribution in [0, 0.1) is 0 Å². The first-order chi connectivity index (χ1) is 11.6. The quantitative estimate of drug-likeness (QED) is 0.640. The Bertz CT molecular complexity index is 607. The molecule has 2 aromatic rings. The topological polar surface area (TPSA) is 15.3 Å². The lowest BCUT2D eigenvalue weighted by molar-refractivity contribution is 0.154. The molecule has 128 valence electrons. The van der Waals surface area contributed by atoms with E-state index in [-0.39, 0.29) is 0 Å². The second-order valence-electron chi connectivity index (χ2n) is 6.25. The van der Waals surface area contributed by atoms with Gasteiger partial charge in [0.25, 0.3) is 0 Å². The van der Waals surface area contributed by atoms with Crippen molar-refractivity contribution in [2.75, 3.05) is 13.1 Å². The lowest BCUT2D eigenvalue weighted by Crippen LogP contribution is -2.40. The molecule has 0 saturated carbocycles. The molecule has 0 aliphatic rings. The van der Waals surface area contributed by atoms with Gasteiger partial charge in [-0.05, 0) is 49.7 Å². The van der Waals surface area contributed by atoms with Gasteiger partial charge in [0.2, 0.25) is 0 Å². The summed E-state index contributed by atoms with van der Waals surface area (Å²) in [4.78, 5) is 2.54. The molecule has 0 aliphatic carbocycles. The molecule has 24 heavy (non-hydrogen) atoms. The van der Waals surface area contributed by atoms with Crippen LogP contribution in [0.3, 0.4) is 0 Å². The summed E-state index contributed by atoms with van der Waals surface area (Å²) in [6.45, 7) is 10.1. The van der Waals surface area contributed by atoms with Gasteiger partial charge in [0.05, 0.1) is 0 Å². The van der Waals surface area contributed by atoms with Crippen molar-refractivity contribution in [1.82, 2.24) is 10.2 Å². The molecule has 3 heteroatoms. The van der Waals surface area contributed by atoms with Crippen LogP contribution in [0.1, 0.15) is 31.0 Å². The molecule has 0 saturated heterocycles. The van der Waals surface area contributed by atoms with Crippen molar-refractivity contribution in [3.05, 3.63) is 83.5 Å². The van der Waals surface area contributed by atoms with Crippen LogP contribution in [0.25, 0.3) is 0 Å². The number of rotatable bonds is 9. The van der Waals surface area contributed by atoms with E-state index >= 15 is 0 Å². The third kappa shape index (κ3) is 5.40. The smallest absolute Gasteiger partial charge is 0.0406 e. The van der Waals surface area contributed by atoms with Gasteiger partial charge in [-0.25, -0.2) is 0 Å². The van der Waals surface area contributed by atoms with E-state index in [4.69, 9.17) is 11.6 Å². The second-order valence-corrected chi connectivity index (χ2v) is 6.68. The van der Waals surface area contributed by atoms with Crippen LogP contribution in [-0.2, 0) is 6.42 Å². The number of hydrogen-bond donors (Lipinski definition) is 1. The van der Waals surface area contributed by atoms with Crippen LogP contribution in [-0.4, -0.2) is 24.0 Å². The molecule has 1 N–H and O–H groups in total. The van der Waals surface area contributed by atoms with E-state index in [0.717, 1.165) is 24.5 Å². The Morgan fingerprint density at radius 3 is 2.33 bits per heavy atom. The van der Waals surface area contributed by atoms with Crippen molar-refractivity contribution in [3.8, 4) is 0 Å². The second kappa shape index (κ2) is 9.51. The molecule has 0 aliphatic heterocycles. The lowest BCUT2D eigenvalue weighted by Gasteiger charge is -2.35. The maximum atomic E-state index is 6.03. The van der Waals surface area contributed by atoms with Gasteiger partial charge >= 0.3 is 0 Å². The fourth-order valence-electron chi connectivity index (χ4n) is 3.02. The first-order valence-electron chi connectivity index (χ1n) is 8.51. The number of halogens is 1. The monoisotopic (exact) mass is 342 g/mol. The summed E-state index contributed by atoms with van der Waals surface area (Å²) in [5.74, 6) is 0. The third-order valence-electron chi connectivity index (χ3n) is 4.25. The summed E-state index contributed by atoms with van der Waals surface area (Å²) in [7, 11) is 0. The summed E-state index contributed by atoms with van der Waals surface area (Å²) < 4.78 is 0. The van der Waals surface area contributed by atoms with Crippen LogP contribution in [0.15, 0.2) is 67.4 Å². The number of nitrogens with zero attached hydrogens (tertiary/aromatic N) is 1. The molecule has 0 spiro atoms. The minimum absolute atomic E-state index is 0.332. The van der Waals surface area contributed by atoms with Crippen molar-refractivity contribution >= 4 is 11.6 Å². The minimum atomic E-state index is 0.332. The van der Waals surface area contributed by atoms with Gasteiger partial charge in [-0.3, -0.25) is 4.90 Å². The van der Waals surface area contributed by atoms with Gasteiger partial charge < -0.3 is 5.32 Å². The molecule has 0 heterocycles. The summed E-state index contributed by atoms with van der Waals surface area (Å²) in [6.07, 6.45) is 2.72. The zero-order chi connectivity index (χ0) is 17.4. The maximum absolute atomic E-state index is 6.03. The van der Waals surface area contributed by atoms with Crippen molar-refractivity contribution in [2.45, 2.75) is 32.4 Å². The van der Waals surface area contributed by atoms with Crippen LogP contribution in [0.2, 0.25) is 5.02 Å². The molecule has 2 aromatic carbocycles. The average Bonchev–Trinajstić information content (AvgIpc) is 2.59. The molecule has 0 radical (unpaired) electrons. The Kier molecular flexibility index (Phi) is 7.36. The Hall–Kier alpha value is -1.77. The van der Waals surface area contributed by atoms with E-state index < -0.39 is 0 Å². The molecule has 2 rings (SSSR count). The highest BCUT2D eigenvalue weighted by Crippen LogP contribution is 2.27. The molecule has 0 amide bonds. The van der Waals surface area contributed by atoms with Crippen LogP contribution in [0.4, 0.5) is 0 Å². The Morgan fingerprint density at radius 2 is 1.75 bits per heavy atom. The Labute approximate surface area is 151 Å². The average molecular weight is 343 g/mol. The highest BCUT2D eigenvalue weighted by atomic mass is 35.5. The van der Waals surface area contributed by atoms with Gasteiger partial charge in [0, 0.05) is 30.2 Å². The van der Waals surface area contributed by atoms with Crippen molar-refractivity contribution in [1.29, 1.82) is 0 Å². The normalized spacial score (nSPS) is 12.4. The van der Waals surface area contributed by atoms with E-state index in [9.17, 15) is 0 Å². The Balaban J connectivity index is 2.26. The predicted octanol–water partition coefficient (Wildman–Crippen LogP) is 5.07. The van der Waals surface area contributed by atoms with E-state index in [1.54, 1.807) is 6.20 Å². The van der Waals surface area contributed by atoms with E-state index in [2.05, 4.69) is 73.1 Å². The largest absolute Gasteiger partial charge is 0.390 e. The SMILES string of the molecule is C=CNCCN(C(C)C)C(Cc1ccc(Cl)cc1)c1ccccc1.